The first-order chi connectivity index (χ1) is 8.31. The van der Waals surface area contributed by atoms with E-state index < -0.39 is 0 Å². The fourth-order valence-corrected chi connectivity index (χ4v) is 1.97. The molecule has 0 radical (unpaired) electrons. The van der Waals surface area contributed by atoms with Gasteiger partial charge in [0.25, 0.3) is 0 Å². The number of aromatic nitrogens is 3. The average Bonchev–Trinajstić information content (AvgIpc) is 2.79. The summed E-state index contributed by atoms with van der Waals surface area (Å²) in [7, 11) is 1.67. The minimum atomic E-state index is 0.650. The van der Waals surface area contributed by atoms with E-state index in [1.54, 1.807) is 13.3 Å². The third kappa shape index (κ3) is 2.98. The normalized spacial score (nSPS) is 10.5. The molecule has 0 unspecified atom stereocenters. The highest BCUT2D eigenvalue weighted by Crippen LogP contribution is 2.21. The maximum absolute atomic E-state index is 4.96. The zero-order valence-corrected chi connectivity index (χ0v) is 10.6. The van der Waals surface area contributed by atoms with Crippen LogP contribution < -0.4 is 5.32 Å². The summed E-state index contributed by atoms with van der Waals surface area (Å²) in [5.74, 6) is 0.674. The molecule has 0 saturated carbocycles. The molecule has 90 valence electrons. The van der Waals surface area contributed by atoms with E-state index in [2.05, 4.69) is 19.7 Å². The van der Waals surface area contributed by atoms with Gasteiger partial charge in [-0.05, 0) is 18.6 Å². The third-order valence-corrected chi connectivity index (χ3v) is 2.90. The molecule has 2 aromatic heterocycles. The van der Waals surface area contributed by atoms with Gasteiger partial charge in [0.1, 0.15) is 5.69 Å². The SMILES string of the molecule is COCCNc1nc(-c2ncccc2C)ns1. The van der Waals surface area contributed by atoms with E-state index in [1.165, 1.54) is 11.5 Å². The van der Waals surface area contributed by atoms with Crippen molar-refractivity contribution < 1.29 is 4.74 Å². The lowest BCUT2D eigenvalue weighted by Crippen LogP contribution is -2.07. The van der Waals surface area contributed by atoms with Crippen LogP contribution in [0.4, 0.5) is 5.13 Å². The van der Waals surface area contributed by atoms with Crippen molar-refractivity contribution in [3.63, 3.8) is 0 Å². The number of hydrogen-bond donors (Lipinski definition) is 1. The number of methoxy groups -OCH3 is 1. The van der Waals surface area contributed by atoms with Crippen LogP contribution >= 0.6 is 11.5 Å². The van der Waals surface area contributed by atoms with Gasteiger partial charge in [-0.15, -0.1) is 0 Å². The van der Waals surface area contributed by atoms with Crippen molar-refractivity contribution in [2.45, 2.75) is 6.92 Å². The van der Waals surface area contributed by atoms with Crippen molar-refractivity contribution in [3.8, 4) is 11.5 Å². The topological polar surface area (TPSA) is 59.9 Å². The molecule has 1 N–H and O–H groups in total. The summed E-state index contributed by atoms with van der Waals surface area (Å²) >= 11 is 1.34. The first-order valence-corrected chi connectivity index (χ1v) is 6.07. The maximum Gasteiger partial charge on any atom is 0.203 e. The molecule has 0 saturated heterocycles. The molecule has 0 aromatic carbocycles. The summed E-state index contributed by atoms with van der Waals surface area (Å²) in [5, 5.41) is 3.94. The fourth-order valence-electron chi connectivity index (χ4n) is 1.37. The van der Waals surface area contributed by atoms with Crippen LogP contribution in [-0.2, 0) is 4.74 Å². The number of nitrogens with one attached hydrogen (secondary N) is 1. The molecule has 0 atom stereocenters. The summed E-state index contributed by atoms with van der Waals surface area (Å²) in [6.45, 7) is 3.38. The highest BCUT2D eigenvalue weighted by Gasteiger charge is 2.09. The van der Waals surface area contributed by atoms with E-state index in [0.717, 1.165) is 22.9 Å². The minimum absolute atomic E-state index is 0.650. The Labute approximate surface area is 104 Å². The van der Waals surface area contributed by atoms with Crippen LogP contribution in [0.15, 0.2) is 18.3 Å². The van der Waals surface area contributed by atoms with Crippen molar-refractivity contribution in [3.05, 3.63) is 23.9 Å². The first-order valence-electron chi connectivity index (χ1n) is 5.30. The van der Waals surface area contributed by atoms with E-state index in [0.29, 0.717) is 12.4 Å². The van der Waals surface area contributed by atoms with Gasteiger partial charge in [0.15, 0.2) is 5.82 Å². The monoisotopic (exact) mass is 250 g/mol. The zero-order chi connectivity index (χ0) is 12.1. The summed E-state index contributed by atoms with van der Waals surface area (Å²) in [5.41, 5.74) is 1.91. The smallest absolute Gasteiger partial charge is 0.203 e. The van der Waals surface area contributed by atoms with Gasteiger partial charge in [-0.25, -0.2) is 0 Å². The van der Waals surface area contributed by atoms with Gasteiger partial charge < -0.3 is 10.1 Å². The van der Waals surface area contributed by atoms with Crippen LogP contribution in [0.5, 0.6) is 0 Å². The van der Waals surface area contributed by atoms with Crippen molar-refractivity contribution in [1.82, 2.24) is 14.3 Å². The number of anilines is 1. The standard InChI is InChI=1S/C11H14N4OS/c1-8-4-3-5-12-9(8)10-14-11(17-15-10)13-6-7-16-2/h3-5H,6-7H2,1-2H3,(H,13,14,15). The van der Waals surface area contributed by atoms with Gasteiger partial charge in [-0.1, -0.05) is 6.07 Å². The second kappa shape index (κ2) is 5.70. The summed E-state index contributed by atoms with van der Waals surface area (Å²) in [6.07, 6.45) is 1.75. The Morgan fingerprint density at radius 3 is 3.12 bits per heavy atom. The molecule has 5 nitrogen and oxygen atoms in total. The van der Waals surface area contributed by atoms with Crippen molar-refractivity contribution in [1.29, 1.82) is 0 Å². The number of nitrogens with zero attached hydrogens (tertiary/aromatic N) is 3. The molecule has 0 aliphatic rings. The molecule has 0 aliphatic heterocycles. The number of rotatable bonds is 5. The minimum Gasteiger partial charge on any atom is -0.383 e. The number of pyridine rings is 1. The molecule has 0 spiro atoms. The van der Waals surface area contributed by atoms with E-state index >= 15 is 0 Å². The summed E-state index contributed by atoms with van der Waals surface area (Å²) in [6, 6.07) is 3.91. The van der Waals surface area contributed by atoms with Crippen molar-refractivity contribution in [2.75, 3.05) is 25.6 Å². The Bertz CT molecular complexity index is 486. The quantitative estimate of drug-likeness (QED) is 0.822. The predicted octanol–water partition coefficient (Wildman–Crippen LogP) is 1.97. The number of ether oxygens (including phenoxy) is 1. The molecular weight excluding hydrogens is 236 g/mol. The second-order valence-electron chi connectivity index (χ2n) is 3.51. The van der Waals surface area contributed by atoms with Crippen LogP contribution in [0.3, 0.4) is 0 Å². The lowest BCUT2D eigenvalue weighted by molar-refractivity contribution is 0.211. The lowest BCUT2D eigenvalue weighted by atomic mass is 10.2. The highest BCUT2D eigenvalue weighted by atomic mass is 32.1. The fraction of sp³-hybridized carbons (Fsp3) is 0.364. The molecule has 2 aromatic rings. The van der Waals surface area contributed by atoms with E-state index in [9.17, 15) is 0 Å². The van der Waals surface area contributed by atoms with Gasteiger partial charge in [-0.3, -0.25) is 4.98 Å². The molecule has 17 heavy (non-hydrogen) atoms. The summed E-state index contributed by atoms with van der Waals surface area (Å²) in [4.78, 5) is 8.68. The Morgan fingerprint density at radius 1 is 1.47 bits per heavy atom. The molecular formula is C11H14N4OS. The Morgan fingerprint density at radius 2 is 2.35 bits per heavy atom. The Kier molecular flexibility index (Phi) is 4.00. The van der Waals surface area contributed by atoms with Crippen LogP contribution in [0.25, 0.3) is 11.5 Å². The molecule has 0 aliphatic carbocycles. The number of aryl methyl sites for hydroxylation is 1. The molecule has 0 bridgehead atoms. The second-order valence-corrected chi connectivity index (χ2v) is 4.26. The first kappa shape index (κ1) is 11.9. The Hall–Kier alpha value is -1.53. The summed E-state index contributed by atoms with van der Waals surface area (Å²) < 4.78 is 9.25. The van der Waals surface area contributed by atoms with Crippen LogP contribution in [0, 0.1) is 6.92 Å². The molecule has 6 heteroatoms. The maximum atomic E-state index is 4.96. The van der Waals surface area contributed by atoms with E-state index in [-0.39, 0.29) is 0 Å². The van der Waals surface area contributed by atoms with Gasteiger partial charge in [0.05, 0.1) is 6.61 Å². The predicted molar refractivity (Wildman–Crippen MR) is 68.2 cm³/mol. The van der Waals surface area contributed by atoms with Crippen LogP contribution in [0.1, 0.15) is 5.56 Å². The zero-order valence-electron chi connectivity index (χ0n) is 9.80. The van der Waals surface area contributed by atoms with Gasteiger partial charge in [-0.2, -0.15) is 9.36 Å². The van der Waals surface area contributed by atoms with Crippen LogP contribution in [-0.4, -0.2) is 34.6 Å². The molecule has 0 amide bonds. The van der Waals surface area contributed by atoms with Crippen molar-refractivity contribution >= 4 is 16.7 Å². The van der Waals surface area contributed by atoms with Crippen LogP contribution in [0.2, 0.25) is 0 Å². The Balaban J connectivity index is 2.10. The van der Waals surface area contributed by atoms with Gasteiger partial charge >= 0.3 is 0 Å². The largest absolute Gasteiger partial charge is 0.383 e. The lowest BCUT2D eigenvalue weighted by Gasteiger charge is -2.00. The van der Waals surface area contributed by atoms with E-state index in [4.69, 9.17) is 4.74 Å². The third-order valence-electron chi connectivity index (χ3n) is 2.23. The van der Waals surface area contributed by atoms with Crippen molar-refractivity contribution in [2.24, 2.45) is 0 Å². The molecule has 0 fully saturated rings. The molecule has 2 heterocycles. The van der Waals surface area contributed by atoms with E-state index in [1.807, 2.05) is 19.1 Å². The average molecular weight is 250 g/mol. The van der Waals surface area contributed by atoms with Gasteiger partial charge in [0, 0.05) is 31.4 Å². The highest BCUT2D eigenvalue weighted by molar-refractivity contribution is 7.09. The number of hydrogen-bond acceptors (Lipinski definition) is 6. The molecule has 2 rings (SSSR count). The van der Waals surface area contributed by atoms with Gasteiger partial charge in [0.2, 0.25) is 5.13 Å².